The molecular weight excluding hydrogens is 377 g/mol. The first-order valence-corrected chi connectivity index (χ1v) is 8.40. The number of hydrogen-bond donors (Lipinski definition) is 1. The summed E-state index contributed by atoms with van der Waals surface area (Å²) in [5.41, 5.74) is 0. The second-order valence-corrected chi connectivity index (χ2v) is 6.28. The molecule has 0 aromatic carbocycles. The zero-order valence-corrected chi connectivity index (χ0v) is 16.0. The number of nitrogens with one attached hydrogen (secondary N) is 1. The van der Waals surface area contributed by atoms with Crippen molar-refractivity contribution in [3.05, 3.63) is 0 Å². The predicted molar refractivity (Wildman–Crippen MR) is 99.5 cm³/mol. The van der Waals surface area contributed by atoms with Crippen LogP contribution in [0, 0.1) is 11.8 Å². The van der Waals surface area contributed by atoms with Gasteiger partial charge in [0.1, 0.15) is 0 Å². The summed E-state index contributed by atoms with van der Waals surface area (Å²) in [6.45, 7) is 10.4. The third-order valence-electron chi connectivity index (χ3n) is 4.18. The molecule has 2 rings (SSSR count). The molecule has 0 bridgehead atoms. The van der Waals surface area contributed by atoms with Gasteiger partial charge in [0.15, 0.2) is 5.96 Å². The van der Waals surface area contributed by atoms with E-state index in [2.05, 4.69) is 24.1 Å². The fourth-order valence-electron chi connectivity index (χ4n) is 2.53. The van der Waals surface area contributed by atoms with Crippen LogP contribution < -0.4 is 5.32 Å². The molecule has 0 aromatic rings. The minimum atomic E-state index is 0. The van der Waals surface area contributed by atoms with E-state index in [-0.39, 0.29) is 24.0 Å². The summed E-state index contributed by atoms with van der Waals surface area (Å²) < 4.78 is 5.66. The molecule has 2 fully saturated rings. The minimum absolute atomic E-state index is 0. The summed E-state index contributed by atoms with van der Waals surface area (Å²) in [5.74, 6) is 2.83. The van der Waals surface area contributed by atoms with Crippen molar-refractivity contribution in [1.29, 1.82) is 0 Å². The Balaban J connectivity index is 0.00000220. The summed E-state index contributed by atoms with van der Waals surface area (Å²) >= 11 is 0. The molecule has 0 radical (unpaired) electrons. The van der Waals surface area contributed by atoms with Crippen LogP contribution in [0.2, 0.25) is 0 Å². The monoisotopic (exact) mass is 409 g/mol. The Hall–Kier alpha value is -0.0400. The number of ether oxygens (including phenoxy) is 1. The summed E-state index contributed by atoms with van der Waals surface area (Å²) in [4.78, 5) is 7.16. The largest absolute Gasteiger partial charge is 0.381 e. The number of hydrogen-bond acceptors (Lipinski definition) is 2. The normalized spacial score (nSPS) is 20.3. The Morgan fingerprint density at radius 2 is 1.95 bits per heavy atom. The second kappa shape index (κ2) is 10.6. The number of halogens is 1. The van der Waals surface area contributed by atoms with Gasteiger partial charge in [-0.25, -0.2) is 0 Å². The first kappa shape index (κ1) is 19.0. The maximum absolute atomic E-state index is 5.66. The number of guanidine groups is 1. The molecule has 1 aliphatic carbocycles. The molecule has 1 heterocycles. The lowest BCUT2D eigenvalue weighted by Crippen LogP contribution is -2.45. The molecule has 124 valence electrons. The fourth-order valence-corrected chi connectivity index (χ4v) is 2.53. The van der Waals surface area contributed by atoms with E-state index in [1.165, 1.54) is 25.7 Å². The summed E-state index contributed by atoms with van der Waals surface area (Å²) in [5, 5.41) is 3.42. The molecule has 4 nitrogen and oxygen atoms in total. The third kappa shape index (κ3) is 7.68. The van der Waals surface area contributed by atoms with Crippen LogP contribution >= 0.6 is 24.0 Å². The standard InChI is InChI=1S/C16H31N3O.HI/c1-3-17-16(19-10-7-14(2)8-11-19)18-9-4-12-20-13-15-5-6-15;/h14-15H,3-13H2,1-2H3,(H,17,18);1H. The highest BCUT2D eigenvalue weighted by Crippen LogP contribution is 2.28. The van der Waals surface area contributed by atoms with Crippen molar-refractivity contribution in [2.45, 2.75) is 46.0 Å². The first-order chi connectivity index (χ1) is 9.79. The minimum Gasteiger partial charge on any atom is -0.381 e. The van der Waals surface area contributed by atoms with E-state index >= 15 is 0 Å². The van der Waals surface area contributed by atoms with Gasteiger partial charge in [0.2, 0.25) is 0 Å². The molecule has 0 aromatic heterocycles. The van der Waals surface area contributed by atoms with Crippen molar-refractivity contribution >= 4 is 29.9 Å². The number of aliphatic imine (C=N–C) groups is 1. The van der Waals surface area contributed by atoms with Crippen LogP contribution in [-0.4, -0.2) is 50.3 Å². The molecule has 0 amide bonds. The molecule has 1 saturated carbocycles. The van der Waals surface area contributed by atoms with E-state index in [0.717, 1.165) is 63.6 Å². The quantitative estimate of drug-likeness (QED) is 0.304. The van der Waals surface area contributed by atoms with Crippen molar-refractivity contribution in [2.24, 2.45) is 16.8 Å². The van der Waals surface area contributed by atoms with Gasteiger partial charge in [-0.05, 0) is 50.9 Å². The van der Waals surface area contributed by atoms with E-state index < -0.39 is 0 Å². The van der Waals surface area contributed by atoms with Gasteiger partial charge in [-0.1, -0.05) is 6.92 Å². The van der Waals surface area contributed by atoms with Gasteiger partial charge in [0.25, 0.3) is 0 Å². The smallest absolute Gasteiger partial charge is 0.193 e. The van der Waals surface area contributed by atoms with E-state index in [1.54, 1.807) is 0 Å². The van der Waals surface area contributed by atoms with Crippen molar-refractivity contribution in [1.82, 2.24) is 10.2 Å². The third-order valence-corrected chi connectivity index (χ3v) is 4.18. The van der Waals surface area contributed by atoms with Gasteiger partial charge in [-0.15, -0.1) is 24.0 Å². The average Bonchev–Trinajstić information content (AvgIpc) is 3.26. The molecule has 0 unspecified atom stereocenters. The first-order valence-electron chi connectivity index (χ1n) is 8.40. The molecule has 21 heavy (non-hydrogen) atoms. The summed E-state index contributed by atoms with van der Waals surface area (Å²) in [7, 11) is 0. The van der Waals surface area contributed by atoms with Gasteiger partial charge < -0.3 is 15.0 Å². The predicted octanol–water partition coefficient (Wildman–Crippen LogP) is 3.12. The van der Waals surface area contributed by atoms with Crippen LogP contribution in [0.4, 0.5) is 0 Å². The van der Waals surface area contributed by atoms with Crippen LogP contribution in [0.1, 0.15) is 46.0 Å². The highest BCUT2D eigenvalue weighted by molar-refractivity contribution is 14.0. The number of likely N-dealkylation sites (tertiary alicyclic amines) is 1. The number of nitrogens with zero attached hydrogens (tertiary/aromatic N) is 2. The summed E-state index contributed by atoms with van der Waals surface area (Å²) in [6.07, 6.45) is 6.35. The Bertz CT molecular complexity index is 300. The molecule has 1 saturated heterocycles. The van der Waals surface area contributed by atoms with Crippen molar-refractivity contribution in [3.63, 3.8) is 0 Å². The highest BCUT2D eigenvalue weighted by Gasteiger charge is 2.21. The zero-order chi connectivity index (χ0) is 14.2. The van der Waals surface area contributed by atoms with Crippen molar-refractivity contribution < 1.29 is 4.74 Å². The molecule has 2 aliphatic rings. The van der Waals surface area contributed by atoms with Crippen LogP contribution in [0.5, 0.6) is 0 Å². The Morgan fingerprint density at radius 3 is 2.57 bits per heavy atom. The van der Waals surface area contributed by atoms with Crippen LogP contribution in [-0.2, 0) is 4.74 Å². The van der Waals surface area contributed by atoms with Gasteiger partial charge in [-0.2, -0.15) is 0 Å². The van der Waals surface area contributed by atoms with Gasteiger partial charge in [-0.3, -0.25) is 4.99 Å². The SMILES string of the molecule is CCNC(=NCCCOCC1CC1)N1CCC(C)CC1.I. The van der Waals surface area contributed by atoms with E-state index in [1.807, 2.05) is 0 Å². The fraction of sp³-hybridized carbons (Fsp3) is 0.938. The molecule has 1 aliphatic heterocycles. The van der Waals surface area contributed by atoms with Crippen LogP contribution in [0.25, 0.3) is 0 Å². The summed E-state index contributed by atoms with van der Waals surface area (Å²) in [6, 6.07) is 0. The zero-order valence-electron chi connectivity index (χ0n) is 13.6. The molecule has 0 atom stereocenters. The Kier molecular flexibility index (Phi) is 9.64. The maximum atomic E-state index is 5.66. The average molecular weight is 409 g/mol. The highest BCUT2D eigenvalue weighted by atomic mass is 127. The lowest BCUT2D eigenvalue weighted by molar-refractivity contribution is 0.123. The molecule has 1 N–H and O–H groups in total. The van der Waals surface area contributed by atoms with Gasteiger partial charge in [0, 0.05) is 39.4 Å². The van der Waals surface area contributed by atoms with Crippen molar-refractivity contribution in [2.75, 3.05) is 39.4 Å². The topological polar surface area (TPSA) is 36.9 Å². The molecule has 5 heteroatoms. The van der Waals surface area contributed by atoms with Gasteiger partial charge in [0.05, 0.1) is 0 Å². The lowest BCUT2D eigenvalue weighted by atomic mass is 10.00. The van der Waals surface area contributed by atoms with Crippen LogP contribution in [0.15, 0.2) is 4.99 Å². The van der Waals surface area contributed by atoms with Gasteiger partial charge >= 0.3 is 0 Å². The molecule has 0 spiro atoms. The Labute approximate surface area is 147 Å². The number of piperidine rings is 1. The second-order valence-electron chi connectivity index (χ2n) is 6.28. The van der Waals surface area contributed by atoms with Crippen molar-refractivity contribution in [3.8, 4) is 0 Å². The molecular formula is C16H32IN3O. The van der Waals surface area contributed by atoms with E-state index in [9.17, 15) is 0 Å². The number of rotatable bonds is 7. The van der Waals surface area contributed by atoms with E-state index in [4.69, 9.17) is 9.73 Å². The lowest BCUT2D eigenvalue weighted by Gasteiger charge is -2.33. The van der Waals surface area contributed by atoms with Crippen LogP contribution in [0.3, 0.4) is 0 Å². The maximum Gasteiger partial charge on any atom is 0.193 e. The van der Waals surface area contributed by atoms with E-state index in [0.29, 0.717) is 0 Å². The Morgan fingerprint density at radius 1 is 1.24 bits per heavy atom.